The maximum absolute atomic E-state index is 12.4. The van der Waals surface area contributed by atoms with Crippen LogP contribution in [0.3, 0.4) is 0 Å². The van der Waals surface area contributed by atoms with E-state index in [4.69, 9.17) is 5.73 Å². The minimum absolute atomic E-state index is 0.312. The van der Waals surface area contributed by atoms with Crippen LogP contribution < -0.4 is 5.73 Å². The number of nitrogens with two attached hydrogens (primary N) is 1. The van der Waals surface area contributed by atoms with Gasteiger partial charge in [0.1, 0.15) is 6.67 Å². The normalized spacial score (nSPS) is 12.9. The van der Waals surface area contributed by atoms with Gasteiger partial charge in [-0.3, -0.25) is 0 Å². The number of benzene rings is 1. The Balaban J connectivity index is 3.03. The van der Waals surface area contributed by atoms with Gasteiger partial charge in [0, 0.05) is 0 Å². The SMILES string of the molecule is Cc1ccc(CF)cc1C(C)CN. The number of rotatable bonds is 3. The Hall–Kier alpha value is -0.890. The number of hydrogen-bond acceptors (Lipinski definition) is 1. The van der Waals surface area contributed by atoms with Crippen LogP contribution in [0.4, 0.5) is 4.39 Å². The van der Waals surface area contributed by atoms with E-state index < -0.39 is 6.67 Å². The quantitative estimate of drug-likeness (QED) is 0.761. The Bertz CT molecular complexity index is 283. The van der Waals surface area contributed by atoms with Crippen molar-refractivity contribution in [3.8, 4) is 0 Å². The molecule has 0 aromatic heterocycles. The molecule has 1 nitrogen and oxygen atoms in total. The van der Waals surface area contributed by atoms with Crippen molar-refractivity contribution in [3.63, 3.8) is 0 Å². The summed E-state index contributed by atoms with van der Waals surface area (Å²) >= 11 is 0. The molecule has 0 aliphatic carbocycles. The fourth-order valence-corrected chi connectivity index (χ4v) is 1.43. The minimum Gasteiger partial charge on any atom is -0.330 e. The molecule has 1 aromatic rings. The molecule has 0 aliphatic rings. The molecule has 0 spiro atoms. The second-order valence-electron chi connectivity index (χ2n) is 3.46. The van der Waals surface area contributed by atoms with E-state index >= 15 is 0 Å². The fourth-order valence-electron chi connectivity index (χ4n) is 1.43. The second kappa shape index (κ2) is 4.38. The zero-order valence-corrected chi connectivity index (χ0v) is 8.18. The minimum atomic E-state index is -0.398. The zero-order valence-electron chi connectivity index (χ0n) is 8.18. The molecule has 0 heterocycles. The lowest BCUT2D eigenvalue weighted by Gasteiger charge is -2.13. The molecule has 0 aliphatic heterocycles. The van der Waals surface area contributed by atoms with E-state index in [-0.39, 0.29) is 0 Å². The summed E-state index contributed by atoms with van der Waals surface area (Å²) in [5.41, 5.74) is 8.66. The third-order valence-corrected chi connectivity index (χ3v) is 2.38. The van der Waals surface area contributed by atoms with Crippen molar-refractivity contribution in [3.05, 3.63) is 34.9 Å². The Morgan fingerprint density at radius 1 is 1.46 bits per heavy atom. The highest BCUT2D eigenvalue weighted by atomic mass is 19.1. The molecule has 72 valence electrons. The smallest absolute Gasteiger partial charge is 0.115 e. The lowest BCUT2D eigenvalue weighted by molar-refractivity contribution is 0.484. The van der Waals surface area contributed by atoms with Crippen LogP contribution in [0.25, 0.3) is 0 Å². The van der Waals surface area contributed by atoms with E-state index in [1.165, 1.54) is 5.56 Å². The summed E-state index contributed by atoms with van der Waals surface area (Å²) in [5, 5.41) is 0. The number of halogens is 1. The third-order valence-electron chi connectivity index (χ3n) is 2.38. The molecule has 1 unspecified atom stereocenters. The summed E-state index contributed by atoms with van der Waals surface area (Å²) in [6, 6.07) is 5.69. The highest BCUT2D eigenvalue weighted by Crippen LogP contribution is 2.20. The average Bonchev–Trinajstić information content (AvgIpc) is 2.17. The molecule has 1 atom stereocenters. The Morgan fingerprint density at radius 3 is 2.69 bits per heavy atom. The summed E-state index contributed by atoms with van der Waals surface area (Å²) in [4.78, 5) is 0. The van der Waals surface area contributed by atoms with Crippen LogP contribution in [0.5, 0.6) is 0 Å². The Kier molecular flexibility index (Phi) is 3.43. The maximum Gasteiger partial charge on any atom is 0.115 e. The molecular formula is C11H16FN. The molecule has 1 rings (SSSR count). The van der Waals surface area contributed by atoms with Gasteiger partial charge in [-0.2, -0.15) is 0 Å². The van der Waals surface area contributed by atoms with Crippen molar-refractivity contribution < 1.29 is 4.39 Å². The van der Waals surface area contributed by atoms with Crippen LogP contribution in [0, 0.1) is 6.92 Å². The van der Waals surface area contributed by atoms with E-state index in [0.29, 0.717) is 12.5 Å². The Morgan fingerprint density at radius 2 is 2.15 bits per heavy atom. The maximum atomic E-state index is 12.4. The molecule has 0 saturated heterocycles. The van der Waals surface area contributed by atoms with Gasteiger partial charge < -0.3 is 5.73 Å². The van der Waals surface area contributed by atoms with E-state index in [0.717, 1.165) is 11.1 Å². The molecule has 0 radical (unpaired) electrons. The van der Waals surface area contributed by atoms with Crippen molar-refractivity contribution in [1.29, 1.82) is 0 Å². The van der Waals surface area contributed by atoms with Gasteiger partial charge in [-0.25, -0.2) is 4.39 Å². The first-order valence-electron chi connectivity index (χ1n) is 4.54. The summed E-state index contributed by atoms with van der Waals surface area (Å²) in [6.45, 7) is 4.30. The van der Waals surface area contributed by atoms with Gasteiger partial charge in [-0.1, -0.05) is 25.1 Å². The van der Waals surface area contributed by atoms with Gasteiger partial charge in [0.2, 0.25) is 0 Å². The number of hydrogen-bond donors (Lipinski definition) is 1. The molecule has 2 heteroatoms. The predicted octanol–water partition coefficient (Wildman–Crippen LogP) is 2.53. The largest absolute Gasteiger partial charge is 0.330 e. The Labute approximate surface area is 78.8 Å². The van der Waals surface area contributed by atoms with Gasteiger partial charge in [0.05, 0.1) is 0 Å². The topological polar surface area (TPSA) is 26.0 Å². The van der Waals surface area contributed by atoms with E-state index in [2.05, 4.69) is 6.92 Å². The first-order valence-corrected chi connectivity index (χ1v) is 4.54. The third kappa shape index (κ3) is 2.28. The molecule has 0 fully saturated rings. The van der Waals surface area contributed by atoms with Crippen molar-refractivity contribution in [2.45, 2.75) is 26.4 Å². The van der Waals surface area contributed by atoms with Gasteiger partial charge in [-0.15, -0.1) is 0 Å². The fraction of sp³-hybridized carbons (Fsp3) is 0.455. The summed E-state index contributed by atoms with van der Waals surface area (Å²) in [5.74, 6) is 0.312. The zero-order chi connectivity index (χ0) is 9.84. The van der Waals surface area contributed by atoms with E-state index in [9.17, 15) is 4.39 Å². The molecule has 0 saturated carbocycles. The van der Waals surface area contributed by atoms with Crippen LogP contribution in [0.15, 0.2) is 18.2 Å². The first kappa shape index (κ1) is 10.2. The van der Waals surface area contributed by atoms with Gasteiger partial charge in [0.25, 0.3) is 0 Å². The van der Waals surface area contributed by atoms with Crippen LogP contribution in [0.2, 0.25) is 0 Å². The first-order chi connectivity index (χ1) is 6.19. The van der Waals surface area contributed by atoms with Crippen molar-refractivity contribution in [2.24, 2.45) is 5.73 Å². The van der Waals surface area contributed by atoms with Crippen LogP contribution in [0.1, 0.15) is 29.5 Å². The molecule has 0 bridgehead atoms. The molecular weight excluding hydrogens is 165 g/mol. The monoisotopic (exact) mass is 181 g/mol. The highest BCUT2D eigenvalue weighted by molar-refractivity contribution is 5.33. The second-order valence-corrected chi connectivity index (χ2v) is 3.46. The lowest BCUT2D eigenvalue weighted by atomic mass is 9.95. The van der Waals surface area contributed by atoms with E-state index in [1.807, 2.05) is 25.1 Å². The average molecular weight is 181 g/mol. The molecule has 1 aromatic carbocycles. The van der Waals surface area contributed by atoms with Gasteiger partial charge in [-0.05, 0) is 36.1 Å². The van der Waals surface area contributed by atoms with Crippen LogP contribution >= 0.6 is 0 Å². The van der Waals surface area contributed by atoms with Crippen LogP contribution in [-0.4, -0.2) is 6.54 Å². The van der Waals surface area contributed by atoms with Gasteiger partial charge >= 0.3 is 0 Å². The highest BCUT2D eigenvalue weighted by Gasteiger charge is 2.07. The van der Waals surface area contributed by atoms with Crippen molar-refractivity contribution >= 4 is 0 Å². The predicted molar refractivity (Wildman–Crippen MR) is 53.5 cm³/mol. The van der Waals surface area contributed by atoms with Crippen LogP contribution in [-0.2, 0) is 6.67 Å². The van der Waals surface area contributed by atoms with Gasteiger partial charge in [0.15, 0.2) is 0 Å². The molecule has 13 heavy (non-hydrogen) atoms. The van der Waals surface area contributed by atoms with Crippen molar-refractivity contribution in [1.82, 2.24) is 0 Å². The number of aryl methyl sites for hydroxylation is 1. The molecule has 2 N–H and O–H groups in total. The number of alkyl halides is 1. The standard InChI is InChI=1S/C11H16FN/c1-8-3-4-10(6-12)5-11(8)9(2)7-13/h3-5,9H,6-7,13H2,1-2H3. The summed E-state index contributed by atoms with van der Waals surface area (Å²) < 4.78 is 12.4. The summed E-state index contributed by atoms with van der Waals surface area (Å²) in [6.07, 6.45) is 0. The van der Waals surface area contributed by atoms with E-state index in [1.54, 1.807) is 0 Å². The summed E-state index contributed by atoms with van der Waals surface area (Å²) in [7, 11) is 0. The lowest BCUT2D eigenvalue weighted by Crippen LogP contribution is -2.10. The molecule has 0 amide bonds. The van der Waals surface area contributed by atoms with Crippen molar-refractivity contribution in [2.75, 3.05) is 6.54 Å².